The molecule has 6 heteroatoms. The number of primary sulfonamides is 1. The monoisotopic (exact) mass is 221 g/mol. The van der Waals surface area contributed by atoms with Crippen LogP contribution in [-0.4, -0.2) is 13.5 Å². The van der Waals surface area contributed by atoms with Crippen LogP contribution in [0.3, 0.4) is 0 Å². The van der Waals surface area contributed by atoms with Gasteiger partial charge in [-0.1, -0.05) is 11.6 Å². The van der Waals surface area contributed by atoms with Gasteiger partial charge in [-0.15, -0.1) is 0 Å². The Balaban J connectivity index is 3.50. The van der Waals surface area contributed by atoms with Crippen LogP contribution < -0.4 is 5.14 Å². The van der Waals surface area contributed by atoms with E-state index in [1.54, 1.807) is 6.92 Å². The Morgan fingerprint density at radius 1 is 1.46 bits per heavy atom. The molecule has 0 heterocycles. The van der Waals surface area contributed by atoms with Crippen LogP contribution in [0, 0.1) is 6.92 Å². The van der Waals surface area contributed by atoms with E-state index in [-0.39, 0.29) is 15.7 Å². The van der Waals surface area contributed by atoms with Gasteiger partial charge in [0, 0.05) is 5.02 Å². The first-order chi connectivity index (χ1) is 5.82. The first kappa shape index (κ1) is 10.3. The molecule has 13 heavy (non-hydrogen) atoms. The Bertz CT molecular complexity index is 441. The molecule has 1 aromatic carbocycles. The highest BCUT2D eigenvalue weighted by Gasteiger charge is 2.15. The van der Waals surface area contributed by atoms with Crippen LogP contribution in [0.1, 0.15) is 5.56 Å². The molecule has 0 aliphatic heterocycles. The summed E-state index contributed by atoms with van der Waals surface area (Å²) in [6, 6.07) is 2.38. The van der Waals surface area contributed by atoms with Gasteiger partial charge in [-0.25, -0.2) is 13.6 Å². The summed E-state index contributed by atoms with van der Waals surface area (Å²) in [5, 5.41) is 14.3. The fourth-order valence-electron chi connectivity index (χ4n) is 0.876. The third-order valence-corrected chi connectivity index (χ3v) is 2.89. The third kappa shape index (κ3) is 2.12. The molecule has 0 aliphatic carbocycles. The Labute approximate surface area is 81.0 Å². The number of hydrogen-bond donors (Lipinski definition) is 2. The fraction of sp³-hybridized carbons (Fsp3) is 0.143. The number of hydrogen-bond acceptors (Lipinski definition) is 3. The number of aryl methyl sites for hydroxylation is 1. The summed E-state index contributed by atoms with van der Waals surface area (Å²) >= 11 is 5.66. The molecule has 0 bridgehead atoms. The van der Waals surface area contributed by atoms with E-state index in [9.17, 15) is 13.5 Å². The van der Waals surface area contributed by atoms with E-state index >= 15 is 0 Å². The van der Waals surface area contributed by atoms with Crippen LogP contribution >= 0.6 is 11.6 Å². The smallest absolute Gasteiger partial charge is 0.241 e. The third-order valence-electron chi connectivity index (χ3n) is 1.55. The van der Waals surface area contributed by atoms with Crippen molar-refractivity contribution in [1.82, 2.24) is 0 Å². The topological polar surface area (TPSA) is 80.4 Å². The molecular weight excluding hydrogens is 214 g/mol. The summed E-state index contributed by atoms with van der Waals surface area (Å²) in [6.07, 6.45) is 0. The molecular formula is C7H8ClNO3S. The summed E-state index contributed by atoms with van der Waals surface area (Å²) in [5.41, 5.74) is 0.589. The van der Waals surface area contributed by atoms with E-state index in [0.29, 0.717) is 5.56 Å². The van der Waals surface area contributed by atoms with E-state index in [4.69, 9.17) is 16.7 Å². The van der Waals surface area contributed by atoms with Gasteiger partial charge >= 0.3 is 0 Å². The zero-order valence-electron chi connectivity index (χ0n) is 6.78. The van der Waals surface area contributed by atoms with Crippen LogP contribution in [-0.2, 0) is 10.0 Å². The van der Waals surface area contributed by atoms with Crippen molar-refractivity contribution in [2.75, 3.05) is 0 Å². The molecule has 0 unspecified atom stereocenters. The molecule has 0 amide bonds. The van der Waals surface area contributed by atoms with E-state index in [0.717, 1.165) is 6.07 Å². The van der Waals surface area contributed by atoms with Crippen molar-refractivity contribution in [3.8, 4) is 5.75 Å². The van der Waals surface area contributed by atoms with Gasteiger partial charge in [0.1, 0.15) is 10.6 Å². The standard InChI is InChI=1S/C7H8ClNO3S/c1-4-2-6(10)7(3-5(4)8)13(9,11)12/h2-3,10H,1H3,(H2,9,11,12). The van der Waals surface area contributed by atoms with Crippen molar-refractivity contribution in [1.29, 1.82) is 0 Å². The summed E-state index contributed by atoms with van der Waals surface area (Å²) in [5.74, 6) is -0.385. The van der Waals surface area contributed by atoms with Crippen molar-refractivity contribution in [3.63, 3.8) is 0 Å². The number of aromatic hydroxyl groups is 1. The molecule has 0 fully saturated rings. The van der Waals surface area contributed by atoms with Crippen LogP contribution in [0.2, 0.25) is 5.02 Å². The Morgan fingerprint density at radius 3 is 2.46 bits per heavy atom. The summed E-state index contributed by atoms with van der Waals surface area (Å²) in [7, 11) is -3.91. The lowest BCUT2D eigenvalue weighted by Gasteiger charge is -2.04. The van der Waals surface area contributed by atoms with E-state index in [1.807, 2.05) is 0 Å². The molecule has 3 N–H and O–H groups in total. The Morgan fingerprint density at radius 2 is 2.00 bits per heavy atom. The van der Waals surface area contributed by atoms with Crippen LogP contribution in [0.5, 0.6) is 5.75 Å². The minimum atomic E-state index is -3.91. The van der Waals surface area contributed by atoms with Crippen molar-refractivity contribution in [2.24, 2.45) is 5.14 Å². The molecule has 0 saturated heterocycles. The SMILES string of the molecule is Cc1cc(O)c(S(N)(=O)=O)cc1Cl. The van der Waals surface area contributed by atoms with Gasteiger partial charge < -0.3 is 5.11 Å². The molecule has 1 rings (SSSR count). The van der Waals surface area contributed by atoms with Crippen LogP contribution in [0.15, 0.2) is 17.0 Å². The van der Waals surface area contributed by atoms with Gasteiger partial charge in [0.25, 0.3) is 0 Å². The van der Waals surface area contributed by atoms with Gasteiger partial charge in [0.15, 0.2) is 0 Å². The molecule has 0 aromatic heterocycles. The number of sulfonamides is 1. The number of benzene rings is 1. The molecule has 0 aliphatic rings. The lowest BCUT2D eigenvalue weighted by atomic mass is 10.2. The highest BCUT2D eigenvalue weighted by atomic mass is 35.5. The molecule has 0 radical (unpaired) electrons. The molecule has 4 nitrogen and oxygen atoms in total. The van der Waals surface area contributed by atoms with Gasteiger partial charge in [-0.3, -0.25) is 0 Å². The zero-order valence-corrected chi connectivity index (χ0v) is 8.35. The summed E-state index contributed by atoms with van der Waals surface area (Å²) in [4.78, 5) is -0.358. The van der Waals surface area contributed by atoms with Gasteiger partial charge in [0.05, 0.1) is 0 Å². The van der Waals surface area contributed by atoms with Gasteiger partial charge in [0.2, 0.25) is 10.0 Å². The quantitative estimate of drug-likeness (QED) is 0.743. The van der Waals surface area contributed by atoms with Crippen molar-refractivity contribution in [2.45, 2.75) is 11.8 Å². The van der Waals surface area contributed by atoms with Gasteiger partial charge in [-0.2, -0.15) is 0 Å². The fourth-order valence-corrected chi connectivity index (χ4v) is 1.74. The number of phenolic OH excluding ortho intramolecular Hbond substituents is 1. The Kier molecular flexibility index (Phi) is 2.51. The Hall–Kier alpha value is -0.780. The van der Waals surface area contributed by atoms with Crippen molar-refractivity contribution >= 4 is 21.6 Å². The van der Waals surface area contributed by atoms with Crippen LogP contribution in [0.25, 0.3) is 0 Å². The average molecular weight is 222 g/mol. The van der Waals surface area contributed by atoms with E-state index in [2.05, 4.69) is 0 Å². The maximum Gasteiger partial charge on any atom is 0.241 e. The lowest BCUT2D eigenvalue weighted by Crippen LogP contribution is -2.12. The number of phenols is 1. The zero-order chi connectivity index (χ0) is 10.2. The molecule has 1 aromatic rings. The largest absolute Gasteiger partial charge is 0.507 e. The maximum atomic E-state index is 10.9. The van der Waals surface area contributed by atoms with E-state index < -0.39 is 10.0 Å². The molecule has 0 saturated carbocycles. The lowest BCUT2D eigenvalue weighted by molar-refractivity contribution is 0.458. The number of halogens is 1. The normalized spacial score (nSPS) is 11.6. The van der Waals surface area contributed by atoms with Gasteiger partial charge in [-0.05, 0) is 24.6 Å². The first-order valence-electron chi connectivity index (χ1n) is 3.34. The highest BCUT2D eigenvalue weighted by molar-refractivity contribution is 7.89. The highest BCUT2D eigenvalue weighted by Crippen LogP contribution is 2.27. The van der Waals surface area contributed by atoms with Crippen LogP contribution in [0.4, 0.5) is 0 Å². The molecule has 0 atom stereocenters. The number of nitrogens with two attached hydrogens (primary N) is 1. The molecule has 72 valence electrons. The number of rotatable bonds is 1. The second kappa shape index (κ2) is 3.17. The second-order valence-corrected chi connectivity index (χ2v) is 4.55. The summed E-state index contributed by atoms with van der Waals surface area (Å²) < 4.78 is 21.8. The predicted octanol–water partition coefficient (Wildman–Crippen LogP) is 1.00. The maximum absolute atomic E-state index is 10.9. The minimum absolute atomic E-state index is 0.252. The summed E-state index contributed by atoms with van der Waals surface area (Å²) in [6.45, 7) is 1.65. The average Bonchev–Trinajstić information content (AvgIpc) is 1.94. The first-order valence-corrected chi connectivity index (χ1v) is 5.26. The molecule has 0 spiro atoms. The predicted molar refractivity (Wildman–Crippen MR) is 49.2 cm³/mol. The van der Waals surface area contributed by atoms with Crippen molar-refractivity contribution < 1.29 is 13.5 Å². The van der Waals surface area contributed by atoms with E-state index in [1.165, 1.54) is 6.07 Å². The minimum Gasteiger partial charge on any atom is -0.507 e. The van der Waals surface area contributed by atoms with Crippen molar-refractivity contribution in [3.05, 3.63) is 22.7 Å². The second-order valence-electron chi connectivity index (χ2n) is 2.61.